The summed E-state index contributed by atoms with van der Waals surface area (Å²) in [6, 6.07) is -0.0190. The van der Waals surface area contributed by atoms with Crippen LogP contribution in [0.4, 0.5) is 0 Å². The lowest BCUT2D eigenvalue weighted by Crippen LogP contribution is -2.38. The fourth-order valence-electron chi connectivity index (χ4n) is 2.35. The van der Waals surface area contributed by atoms with Gasteiger partial charge in [0, 0.05) is 25.2 Å². The van der Waals surface area contributed by atoms with Crippen molar-refractivity contribution >= 4 is 21.6 Å². The zero-order chi connectivity index (χ0) is 13.2. The van der Waals surface area contributed by atoms with Crippen molar-refractivity contribution in [2.24, 2.45) is 13.0 Å². The molecule has 0 spiro atoms. The van der Waals surface area contributed by atoms with Crippen molar-refractivity contribution in [1.82, 2.24) is 14.3 Å². The molecule has 0 aromatic carbocycles. The Morgan fingerprint density at radius 2 is 2.33 bits per heavy atom. The monoisotopic (exact) mass is 291 g/mol. The molecule has 102 valence electrons. The van der Waals surface area contributed by atoms with Gasteiger partial charge in [0.15, 0.2) is 5.03 Å². The van der Waals surface area contributed by atoms with E-state index < -0.39 is 10.0 Å². The first-order chi connectivity index (χ1) is 8.51. The van der Waals surface area contributed by atoms with Gasteiger partial charge in [-0.3, -0.25) is 0 Å². The molecule has 1 saturated carbocycles. The van der Waals surface area contributed by atoms with E-state index in [-0.39, 0.29) is 11.1 Å². The van der Waals surface area contributed by atoms with Gasteiger partial charge in [0.05, 0.1) is 6.33 Å². The third-order valence-electron chi connectivity index (χ3n) is 3.28. The van der Waals surface area contributed by atoms with Crippen LogP contribution in [0.15, 0.2) is 17.6 Å². The highest BCUT2D eigenvalue weighted by molar-refractivity contribution is 7.89. The second-order valence-electron chi connectivity index (χ2n) is 4.88. The average molecular weight is 292 g/mol. The summed E-state index contributed by atoms with van der Waals surface area (Å²) in [6.45, 7) is 0. The summed E-state index contributed by atoms with van der Waals surface area (Å²) in [5.74, 6) is 1.01. The minimum atomic E-state index is -3.50. The second kappa shape index (κ2) is 5.59. The Bertz CT molecular complexity index is 500. The molecule has 0 saturated heterocycles. The van der Waals surface area contributed by atoms with Crippen LogP contribution in [0.5, 0.6) is 0 Å². The molecule has 0 aliphatic heterocycles. The van der Waals surface area contributed by atoms with Crippen LogP contribution in [0.25, 0.3) is 0 Å². The number of rotatable bonds is 4. The van der Waals surface area contributed by atoms with Crippen LogP contribution in [0.2, 0.25) is 0 Å². The highest BCUT2D eigenvalue weighted by Gasteiger charge is 2.27. The van der Waals surface area contributed by atoms with E-state index in [1.54, 1.807) is 11.6 Å². The number of halogens is 1. The topological polar surface area (TPSA) is 64.0 Å². The van der Waals surface area contributed by atoms with Gasteiger partial charge in [-0.05, 0) is 25.2 Å². The summed E-state index contributed by atoms with van der Waals surface area (Å²) >= 11 is 5.84. The molecule has 5 nitrogen and oxygen atoms in total. The van der Waals surface area contributed by atoms with Gasteiger partial charge in [0.2, 0.25) is 0 Å². The molecule has 0 bridgehead atoms. The summed E-state index contributed by atoms with van der Waals surface area (Å²) in [6.07, 6.45) is 6.79. The quantitative estimate of drug-likeness (QED) is 0.855. The Balaban J connectivity index is 2.04. The Morgan fingerprint density at radius 1 is 1.56 bits per heavy atom. The van der Waals surface area contributed by atoms with Crippen molar-refractivity contribution in [1.29, 1.82) is 0 Å². The third kappa shape index (κ3) is 3.24. The largest absolute Gasteiger partial charge is 0.339 e. The van der Waals surface area contributed by atoms with E-state index in [0.29, 0.717) is 11.8 Å². The molecule has 1 aromatic rings. The van der Waals surface area contributed by atoms with Crippen LogP contribution in [0.1, 0.15) is 25.7 Å². The number of imidazole rings is 1. The first-order valence-corrected chi connectivity index (χ1v) is 8.09. The van der Waals surface area contributed by atoms with E-state index in [1.165, 1.54) is 12.5 Å². The standard InChI is InChI=1S/C11H18ClN3O2S/c1-15-7-11(13-8-15)18(16,17)14-10-4-2-3-9(5-10)6-12/h7-10,14H,2-6H2,1H3. The van der Waals surface area contributed by atoms with Crippen LogP contribution >= 0.6 is 11.6 Å². The molecule has 1 aliphatic carbocycles. The van der Waals surface area contributed by atoms with E-state index in [2.05, 4.69) is 9.71 Å². The fraction of sp³-hybridized carbons (Fsp3) is 0.727. The Morgan fingerprint density at radius 3 is 2.94 bits per heavy atom. The third-order valence-corrected chi connectivity index (χ3v) is 5.12. The maximum absolute atomic E-state index is 12.1. The maximum atomic E-state index is 12.1. The number of hydrogen-bond acceptors (Lipinski definition) is 3. The molecule has 18 heavy (non-hydrogen) atoms. The van der Waals surface area contributed by atoms with Gasteiger partial charge in [-0.15, -0.1) is 11.6 Å². The number of alkyl halides is 1. The molecule has 2 rings (SSSR count). The number of sulfonamides is 1. The molecule has 1 heterocycles. The van der Waals surface area contributed by atoms with Crippen LogP contribution in [-0.2, 0) is 17.1 Å². The van der Waals surface area contributed by atoms with Crippen molar-refractivity contribution in [3.8, 4) is 0 Å². The smallest absolute Gasteiger partial charge is 0.259 e. The summed E-state index contributed by atoms with van der Waals surface area (Å²) in [5.41, 5.74) is 0. The predicted molar refractivity (Wildman–Crippen MR) is 70.0 cm³/mol. The highest BCUT2D eigenvalue weighted by atomic mass is 35.5. The zero-order valence-electron chi connectivity index (χ0n) is 10.3. The zero-order valence-corrected chi connectivity index (χ0v) is 11.9. The van der Waals surface area contributed by atoms with Crippen LogP contribution in [0, 0.1) is 5.92 Å². The normalized spacial score (nSPS) is 25.2. The average Bonchev–Trinajstić information content (AvgIpc) is 2.76. The Labute approximate surface area is 113 Å². The SMILES string of the molecule is Cn1cnc(S(=O)(=O)NC2CCCC(CCl)C2)c1. The highest BCUT2D eigenvalue weighted by Crippen LogP contribution is 2.26. The predicted octanol–water partition coefficient (Wildman–Crippen LogP) is 1.50. The van der Waals surface area contributed by atoms with Crippen LogP contribution in [0.3, 0.4) is 0 Å². The van der Waals surface area contributed by atoms with E-state index in [0.717, 1.165) is 25.7 Å². The number of nitrogens with zero attached hydrogens (tertiary/aromatic N) is 2. The molecule has 2 atom stereocenters. The van der Waals surface area contributed by atoms with Crippen molar-refractivity contribution in [2.45, 2.75) is 36.8 Å². The Hall–Kier alpha value is -0.590. The maximum Gasteiger partial charge on any atom is 0.259 e. The molecular formula is C11H18ClN3O2S. The lowest BCUT2D eigenvalue weighted by Gasteiger charge is -2.27. The lowest BCUT2D eigenvalue weighted by atomic mass is 9.87. The number of nitrogens with one attached hydrogen (secondary N) is 1. The minimum Gasteiger partial charge on any atom is -0.339 e. The van der Waals surface area contributed by atoms with E-state index in [9.17, 15) is 8.42 Å². The molecule has 2 unspecified atom stereocenters. The van der Waals surface area contributed by atoms with Gasteiger partial charge in [-0.1, -0.05) is 6.42 Å². The first kappa shape index (κ1) is 13.8. The van der Waals surface area contributed by atoms with Crippen molar-refractivity contribution < 1.29 is 8.42 Å². The van der Waals surface area contributed by atoms with E-state index in [4.69, 9.17) is 11.6 Å². The molecular weight excluding hydrogens is 274 g/mol. The van der Waals surface area contributed by atoms with Crippen LogP contribution < -0.4 is 4.72 Å². The van der Waals surface area contributed by atoms with Gasteiger partial charge in [-0.2, -0.15) is 0 Å². The van der Waals surface area contributed by atoms with Gasteiger partial charge in [-0.25, -0.2) is 18.1 Å². The molecule has 1 aromatic heterocycles. The van der Waals surface area contributed by atoms with Crippen molar-refractivity contribution in [3.63, 3.8) is 0 Å². The second-order valence-corrected chi connectivity index (χ2v) is 6.85. The fourth-order valence-corrected chi connectivity index (χ4v) is 3.89. The summed E-state index contributed by atoms with van der Waals surface area (Å²) in [7, 11) is -1.75. The van der Waals surface area contributed by atoms with E-state index >= 15 is 0 Å². The molecule has 0 amide bonds. The van der Waals surface area contributed by atoms with Crippen molar-refractivity contribution in [3.05, 3.63) is 12.5 Å². The Kier molecular flexibility index (Phi) is 4.29. The molecule has 1 N–H and O–H groups in total. The first-order valence-electron chi connectivity index (χ1n) is 6.07. The van der Waals surface area contributed by atoms with Crippen LogP contribution in [-0.4, -0.2) is 29.9 Å². The minimum absolute atomic E-state index is 0.0190. The number of aromatic nitrogens is 2. The van der Waals surface area contributed by atoms with Gasteiger partial charge in [0.1, 0.15) is 0 Å². The van der Waals surface area contributed by atoms with Crippen molar-refractivity contribution in [2.75, 3.05) is 5.88 Å². The summed E-state index contributed by atoms with van der Waals surface area (Å²) in [4.78, 5) is 3.88. The molecule has 7 heteroatoms. The molecule has 0 radical (unpaired) electrons. The van der Waals surface area contributed by atoms with Gasteiger partial charge in [0.25, 0.3) is 10.0 Å². The molecule has 1 aliphatic rings. The van der Waals surface area contributed by atoms with Gasteiger partial charge < -0.3 is 4.57 Å². The summed E-state index contributed by atoms with van der Waals surface area (Å²) in [5, 5.41) is 0.0815. The lowest BCUT2D eigenvalue weighted by molar-refractivity contribution is 0.330. The van der Waals surface area contributed by atoms with Gasteiger partial charge >= 0.3 is 0 Å². The number of hydrogen-bond donors (Lipinski definition) is 1. The summed E-state index contributed by atoms with van der Waals surface area (Å²) < 4.78 is 28.5. The molecule has 1 fully saturated rings. The van der Waals surface area contributed by atoms with E-state index in [1.807, 2.05) is 0 Å². The number of aryl methyl sites for hydroxylation is 1.